The van der Waals surface area contributed by atoms with Crippen molar-refractivity contribution >= 4 is 11.6 Å². The summed E-state index contributed by atoms with van der Waals surface area (Å²) in [6, 6.07) is 6.18. The molecule has 0 aliphatic heterocycles. The molecular formula is C13H18ClNO. The monoisotopic (exact) mass is 239 g/mol. The van der Waals surface area contributed by atoms with Gasteiger partial charge in [0.25, 0.3) is 0 Å². The summed E-state index contributed by atoms with van der Waals surface area (Å²) in [5, 5.41) is 3.30. The molecule has 0 spiro atoms. The second-order valence-corrected chi connectivity index (χ2v) is 3.77. The van der Waals surface area contributed by atoms with Gasteiger partial charge in [0, 0.05) is 17.6 Å². The highest BCUT2D eigenvalue weighted by Gasteiger charge is 2.05. The van der Waals surface area contributed by atoms with E-state index in [4.69, 9.17) is 16.3 Å². The molecule has 0 saturated heterocycles. The van der Waals surface area contributed by atoms with Crippen molar-refractivity contribution in [2.24, 2.45) is 0 Å². The maximum Gasteiger partial charge on any atom is 0.127 e. The Kier molecular flexibility index (Phi) is 5.98. The van der Waals surface area contributed by atoms with Gasteiger partial charge in [-0.1, -0.05) is 36.7 Å². The van der Waals surface area contributed by atoms with E-state index in [9.17, 15) is 0 Å². The quantitative estimate of drug-likeness (QED) is 0.823. The van der Waals surface area contributed by atoms with Gasteiger partial charge in [-0.15, -0.1) is 0 Å². The van der Waals surface area contributed by atoms with E-state index in [0.717, 1.165) is 24.4 Å². The minimum Gasteiger partial charge on any atom is -0.489 e. The van der Waals surface area contributed by atoms with Crippen molar-refractivity contribution in [1.82, 2.24) is 5.32 Å². The van der Waals surface area contributed by atoms with Crippen LogP contribution in [0, 0.1) is 6.92 Å². The van der Waals surface area contributed by atoms with E-state index in [1.165, 1.54) is 11.1 Å². The van der Waals surface area contributed by atoms with Crippen LogP contribution in [0.3, 0.4) is 0 Å². The molecule has 3 heteroatoms. The lowest BCUT2D eigenvalue weighted by Crippen LogP contribution is -2.13. The van der Waals surface area contributed by atoms with Gasteiger partial charge in [0.15, 0.2) is 0 Å². The molecule has 0 radical (unpaired) electrons. The maximum atomic E-state index is 5.69. The van der Waals surface area contributed by atoms with Crippen LogP contribution in [-0.2, 0) is 6.54 Å². The van der Waals surface area contributed by atoms with Crippen LogP contribution in [0.1, 0.15) is 18.1 Å². The highest BCUT2D eigenvalue weighted by atomic mass is 35.5. The molecule has 2 nitrogen and oxygen atoms in total. The minimum atomic E-state index is 0.507. The first kappa shape index (κ1) is 13.1. The number of benzene rings is 1. The van der Waals surface area contributed by atoms with E-state index in [0.29, 0.717) is 6.61 Å². The molecule has 0 aliphatic rings. The third-order valence-corrected chi connectivity index (χ3v) is 2.45. The summed E-state index contributed by atoms with van der Waals surface area (Å²) in [6.07, 6.45) is 1.78. The van der Waals surface area contributed by atoms with Gasteiger partial charge in [0.2, 0.25) is 0 Å². The number of nitrogens with one attached hydrogen (secondary N) is 1. The number of ether oxygens (including phenoxy) is 1. The van der Waals surface area contributed by atoms with E-state index >= 15 is 0 Å². The zero-order chi connectivity index (χ0) is 11.8. The second-order valence-electron chi connectivity index (χ2n) is 3.52. The summed E-state index contributed by atoms with van der Waals surface area (Å²) in [6.45, 7) is 6.43. The van der Waals surface area contributed by atoms with Crippen molar-refractivity contribution in [3.8, 4) is 5.75 Å². The summed E-state index contributed by atoms with van der Waals surface area (Å²) in [5.74, 6) is 0.957. The summed E-state index contributed by atoms with van der Waals surface area (Å²) in [5.41, 5.74) is 3.81. The third kappa shape index (κ3) is 3.87. The standard InChI is InChI=1S/C13H18ClNO/c1-3-15-10-12-7-4-6-11(2)13(12)16-9-5-8-14/h4-8,15H,3,9-10H2,1-2H3/b8-5+. The summed E-state index contributed by atoms with van der Waals surface area (Å²) in [7, 11) is 0. The molecule has 88 valence electrons. The molecule has 1 aromatic carbocycles. The molecule has 0 atom stereocenters. The zero-order valence-corrected chi connectivity index (χ0v) is 10.6. The molecule has 0 aromatic heterocycles. The normalized spacial score (nSPS) is 10.9. The lowest BCUT2D eigenvalue weighted by Gasteiger charge is -2.13. The number of rotatable bonds is 6. The van der Waals surface area contributed by atoms with Crippen molar-refractivity contribution in [1.29, 1.82) is 0 Å². The number of halogens is 1. The van der Waals surface area contributed by atoms with Gasteiger partial charge in [0.05, 0.1) is 0 Å². The lowest BCUT2D eigenvalue weighted by molar-refractivity contribution is 0.355. The Hall–Kier alpha value is -0.990. The summed E-state index contributed by atoms with van der Waals surface area (Å²) >= 11 is 5.46. The van der Waals surface area contributed by atoms with E-state index in [-0.39, 0.29) is 0 Å². The Bertz CT molecular complexity index is 350. The third-order valence-electron chi connectivity index (χ3n) is 2.27. The number of aryl methyl sites for hydroxylation is 1. The molecule has 0 bridgehead atoms. The average molecular weight is 240 g/mol. The van der Waals surface area contributed by atoms with Crippen molar-refractivity contribution in [2.45, 2.75) is 20.4 Å². The fourth-order valence-electron chi connectivity index (χ4n) is 1.49. The maximum absolute atomic E-state index is 5.69. The van der Waals surface area contributed by atoms with Crippen LogP contribution in [0.2, 0.25) is 0 Å². The van der Waals surface area contributed by atoms with Crippen LogP contribution in [0.15, 0.2) is 29.8 Å². The topological polar surface area (TPSA) is 21.3 Å². The van der Waals surface area contributed by atoms with Gasteiger partial charge in [0.1, 0.15) is 12.4 Å². The molecule has 0 saturated carbocycles. The molecule has 0 aliphatic carbocycles. The first-order chi connectivity index (χ1) is 7.79. The molecule has 0 amide bonds. The van der Waals surface area contributed by atoms with Gasteiger partial charge in [-0.2, -0.15) is 0 Å². The Morgan fingerprint density at radius 2 is 2.25 bits per heavy atom. The second kappa shape index (κ2) is 7.31. The van der Waals surface area contributed by atoms with E-state index in [1.54, 1.807) is 6.08 Å². The van der Waals surface area contributed by atoms with Crippen molar-refractivity contribution in [3.05, 3.63) is 40.9 Å². The minimum absolute atomic E-state index is 0.507. The van der Waals surface area contributed by atoms with Crippen molar-refractivity contribution in [3.63, 3.8) is 0 Å². The zero-order valence-electron chi connectivity index (χ0n) is 9.79. The number of para-hydroxylation sites is 1. The molecule has 1 N–H and O–H groups in total. The van der Waals surface area contributed by atoms with Crippen LogP contribution < -0.4 is 10.1 Å². The lowest BCUT2D eigenvalue weighted by atomic mass is 10.1. The molecule has 0 fully saturated rings. The largest absolute Gasteiger partial charge is 0.489 e. The molecule has 16 heavy (non-hydrogen) atoms. The average Bonchev–Trinajstić information content (AvgIpc) is 2.29. The fraction of sp³-hybridized carbons (Fsp3) is 0.385. The predicted molar refractivity (Wildman–Crippen MR) is 69.0 cm³/mol. The van der Waals surface area contributed by atoms with Gasteiger partial charge in [-0.05, 0) is 25.1 Å². The summed E-state index contributed by atoms with van der Waals surface area (Å²) in [4.78, 5) is 0. The van der Waals surface area contributed by atoms with E-state index in [1.807, 2.05) is 6.07 Å². The molecule has 0 unspecified atom stereocenters. The van der Waals surface area contributed by atoms with Gasteiger partial charge in [-0.25, -0.2) is 0 Å². The Morgan fingerprint density at radius 3 is 2.94 bits per heavy atom. The highest BCUT2D eigenvalue weighted by molar-refractivity contribution is 6.25. The van der Waals surface area contributed by atoms with Gasteiger partial charge < -0.3 is 10.1 Å². The smallest absolute Gasteiger partial charge is 0.127 e. The first-order valence-corrected chi connectivity index (χ1v) is 5.90. The molecular weight excluding hydrogens is 222 g/mol. The Balaban J connectivity index is 2.76. The highest BCUT2D eigenvalue weighted by Crippen LogP contribution is 2.23. The van der Waals surface area contributed by atoms with Gasteiger partial charge in [-0.3, -0.25) is 0 Å². The molecule has 0 heterocycles. The van der Waals surface area contributed by atoms with Gasteiger partial charge >= 0.3 is 0 Å². The SMILES string of the molecule is CCNCc1cccc(C)c1OC/C=C/Cl. The van der Waals surface area contributed by atoms with Crippen LogP contribution >= 0.6 is 11.6 Å². The molecule has 1 rings (SSSR count). The van der Waals surface area contributed by atoms with Crippen LogP contribution in [-0.4, -0.2) is 13.2 Å². The summed E-state index contributed by atoms with van der Waals surface area (Å²) < 4.78 is 5.69. The first-order valence-electron chi connectivity index (χ1n) is 5.46. The van der Waals surface area contributed by atoms with Crippen molar-refractivity contribution < 1.29 is 4.74 Å². The van der Waals surface area contributed by atoms with Crippen LogP contribution in [0.5, 0.6) is 5.75 Å². The van der Waals surface area contributed by atoms with E-state index < -0.39 is 0 Å². The van der Waals surface area contributed by atoms with Crippen LogP contribution in [0.25, 0.3) is 0 Å². The molecule has 1 aromatic rings. The Labute approximate surface area is 102 Å². The van der Waals surface area contributed by atoms with Crippen molar-refractivity contribution in [2.75, 3.05) is 13.2 Å². The number of hydrogen-bond donors (Lipinski definition) is 1. The fourth-order valence-corrected chi connectivity index (χ4v) is 1.56. The Morgan fingerprint density at radius 1 is 1.44 bits per heavy atom. The van der Waals surface area contributed by atoms with E-state index in [2.05, 4.69) is 31.3 Å². The number of hydrogen-bond acceptors (Lipinski definition) is 2. The van der Waals surface area contributed by atoms with Crippen LogP contribution in [0.4, 0.5) is 0 Å². The predicted octanol–water partition coefficient (Wildman–Crippen LogP) is 3.24.